The molecule has 0 N–H and O–H groups in total. The summed E-state index contributed by atoms with van der Waals surface area (Å²) in [6.45, 7) is 6.21. The Balaban J connectivity index is 5.63. The first kappa shape index (κ1) is 16.6. The van der Waals surface area contributed by atoms with E-state index in [1.165, 1.54) is 13.8 Å². The molecule has 0 aromatic carbocycles. The minimum Gasteiger partial charge on any atom is -0.230 e. The Morgan fingerprint density at radius 3 is 1.65 bits per heavy atom. The molecule has 104 valence electrons. The van der Waals surface area contributed by atoms with Crippen LogP contribution in [-0.4, -0.2) is 18.0 Å². The van der Waals surface area contributed by atoms with Crippen LogP contribution in [0.4, 0.5) is 22.0 Å². The van der Waals surface area contributed by atoms with E-state index in [1.54, 1.807) is 0 Å². The van der Waals surface area contributed by atoms with Crippen molar-refractivity contribution in [3.63, 3.8) is 0 Å². The van der Waals surface area contributed by atoms with E-state index in [2.05, 4.69) is 0 Å². The summed E-state index contributed by atoms with van der Waals surface area (Å²) in [5.74, 6) is -5.47. The summed E-state index contributed by atoms with van der Waals surface area (Å²) >= 11 is 0. The first-order valence-electron chi connectivity index (χ1n) is 5.83. The van der Waals surface area contributed by atoms with Crippen LogP contribution in [0.25, 0.3) is 0 Å². The minimum absolute atomic E-state index is 0.0593. The van der Waals surface area contributed by atoms with Crippen molar-refractivity contribution in [2.24, 2.45) is 11.3 Å². The molecule has 0 fully saturated rings. The molecule has 0 radical (unpaired) electrons. The third-order valence-corrected chi connectivity index (χ3v) is 3.86. The van der Waals surface area contributed by atoms with Gasteiger partial charge in [-0.25, -0.2) is 22.0 Å². The lowest BCUT2D eigenvalue weighted by molar-refractivity contribution is -0.266. The zero-order valence-corrected chi connectivity index (χ0v) is 11.0. The topological polar surface area (TPSA) is 0 Å². The van der Waals surface area contributed by atoms with Crippen molar-refractivity contribution in [3.8, 4) is 0 Å². The lowest BCUT2D eigenvalue weighted by atomic mass is 9.70. The van der Waals surface area contributed by atoms with Crippen molar-refractivity contribution in [1.29, 1.82) is 0 Å². The smallest absolute Gasteiger partial charge is 0.230 e. The summed E-state index contributed by atoms with van der Waals surface area (Å²) in [6.07, 6.45) is -3.83. The van der Waals surface area contributed by atoms with E-state index in [4.69, 9.17) is 0 Å². The molecule has 5 heteroatoms. The molecule has 2 atom stereocenters. The highest BCUT2D eigenvalue weighted by molar-refractivity contribution is 5.05. The molecule has 2 unspecified atom stereocenters. The molecule has 0 bridgehead atoms. The van der Waals surface area contributed by atoms with Crippen LogP contribution in [0.5, 0.6) is 0 Å². The van der Waals surface area contributed by atoms with Crippen LogP contribution < -0.4 is 0 Å². The SMILES string of the molecule is CCC(C)C(F)(C(F)F)C(F)(F)C(C)(C)CC. The van der Waals surface area contributed by atoms with Gasteiger partial charge in [0.1, 0.15) is 0 Å². The van der Waals surface area contributed by atoms with Crippen LogP contribution >= 0.6 is 0 Å². The summed E-state index contributed by atoms with van der Waals surface area (Å²) in [6, 6.07) is 0. The Hall–Kier alpha value is -0.350. The molecule has 0 aliphatic rings. The predicted molar refractivity (Wildman–Crippen MR) is 58.3 cm³/mol. The van der Waals surface area contributed by atoms with E-state index in [0.29, 0.717) is 0 Å². The largest absolute Gasteiger partial charge is 0.292 e. The molecule has 0 saturated heterocycles. The predicted octanol–water partition coefficient (Wildman–Crippen LogP) is 5.08. The second-order valence-corrected chi connectivity index (χ2v) is 5.19. The Morgan fingerprint density at radius 1 is 1.00 bits per heavy atom. The van der Waals surface area contributed by atoms with E-state index in [1.807, 2.05) is 0 Å². The quantitative estimate of drug-likeness (QED) is 0.584. The van der Waals surface area contributed by atoms with E-state index in [-0.39, 0.29) is 12.8 Å². The number of halogens is 5. The van der Waals surface area contributed by atoms with Gasteiger partial charge in [-0.15, -0.1) is 0 Å². The molecule has 0 aromatic heterocycles. The van der Waals surface area contributed by atoms with Crippen LogP contribution in [-0.2, 0) is 0 Å². The van der Waals surface area contributed by atoms with Gasteiger partial charge in [-0.3, -0.25) is 0 Å². The Labute approximate surface area is 99.6 Å². The summed E-state index contributed by atoms with van der Waals surface area (Å²) in [5, 5.41) is 0. The van der Waals surface area contributed by atoms with Gasteiger partial charge in [-0.1, -0.05) is 41.0 Å². The molecule has 0 aliphatic heterocycles. The zero-order chi connectivity index (χ0) is 14.1. The van der Waals surface area contributed by atoms with Crippen LogP contribution in [0.1, 0.15) is 47.5 Å². The average molecular weight is 260 g/mol. The minimum atomic E-state index is -4.07. The lowest BCUT2D eigenvalue weighted by Gasteiger charge is -2.45. The Kier molecular flexibility index (Phi) is 5.00. The van der Waals surface area contributed by atoms with Gasteiger partial charge in [0.2, 0.25) is 5.67 Å². The molecular formula is C12H21F5. The number of hydrogen-bond acceptors (Lipinski definition) is 0. The van der Waals surface area contributed by atoms with Crippen LogP contribution in [0.2, 0.25) is 0 Å². The fourth-order valence-electron chi connectivity index (χ4n) is 1.70. The van der Waals surface area contributed by atoms with Crippen molar-refractivity contribution in [2.75, 3.05) is 0 Å². The van der Waals surface area contributed by atoms with Gasteiger partial charge in [0.05, 0.1) is 0 Å². The monoisotopic (exact) mass is 260 g/mol. The second kappa shape index (κ2) is 5.11. The summed E-state index contributed by atoms with van der Waals surface area (Å²) in [4.78, 5) is 0. The number of alkyl halides is 5. The van der Waals surface area contributed by atoms with Gasteiger partial charge < -0.3 is 0 Å². The first-order chi connectivity index (χ1) is 7.49. The van der Waals surface area contributed by atoms with E-state index in [0.717, 1.165) is 20.8 Å². The molecule has 0 nitrogen and oxygen atoms in total. The second-order valence-electron chi connectivity index (χ2n) is 5.19. The van der Waals surface area contributed by atoms with Crippen LogP contribution in [0, 0.1) is 11.3 Å². The molecule has 0 rings (SSSR count). The summed E-state index contributed by atoms with van der Waals surface area (Å²) in [7, 11) is 0. The van der Waals surface area contributed by atoms with Crippen LogP contribution in [0.15, 0.2) is 0 Å². The van der Waals surface area contributed by atoms with Gasteiger partial charge in [0.15, 0.2) is 0 Å². The molecule has 0 aromatic rings. The lowest BCUT2D eigenvalue weighted by Crippen LogP contribution is -2.60. The third kappa shape index (κ3) is 2.43. The maximum absolute atomic E-state index is 14.3. The van der Waals surface area contributed by atoms with Crippen LogP contribution in [0.3, 0.4) is 0 Å². The van der Waals surface area contributed by atoms with E-state index in [9.17, 15) is 22.0 Å². The molecular weight excluding hydrogens is 239 g/mol. The maximum atomic E-state index is 14.3. The summed E-state index contributed by atoms with van der Waals surface area (Å²) < 4.78 is 68.1. The van der Waals surface area contributed by atoms with Crippen molar-refractivity contribution >= 4 is 0 Å². The van der Waals surface area contributed by atoms with Gasteiger partial charge >= 0.3 is 0 Å². The molecule has 17 heavy (non-hydrogen) atoms. The van der Waals surface area contributed by atoms with E-state index < -0.39 is 29.3 Å². The number of hydrogen-bond donors (Lipinski definition) is 0. The highest BCUT2D eigenvalue weighted by atomic mass is 19.3. The summed E-state index contributed by atoms with van der Waals surface area (Å²) in [5.41, 5.74) is -5.58. The zero-order valence-electron chi connectivity index (χ0n) is 11.0. The van der Waals surface area contributed by atoms with E-state index >= 15 is 0 Å². The van der Waals surface area contributed by atoms with Crippen molar-refractivity contribution in [3.05, 3.63) is 0 Å². The molecule has 0 spiro atoms. The highest BCUT2D eigenvalue weighted by Crippen LogP contribution is 2.54. The van der Waals surface area contributed by atoms with Gasteiger partial charge in [-0.05, 0) is 6.42 Å². The van der Waals surface area contributed by atoms with Gasteiger partial charge in [0.25, 0.3) is 12.3 Å². The Bertz CT molecular complexity index is 249. The molecule has 0 amide bonds. The highest BCUT2D eigenvalue weighted by Gasteiger charge is 2.69. The van der Waals surface area contributed by atoms with Gasteiger partial charge in [-0.2, -0.15) is 0 Å². The normalized spacial score (nSPS) is 19.2. The Morgan fingerprint density at radius 2 is 1.41 bits per heavy atom. The average Bonchev–Trinajstić information content (AvgIpc) is 2.25. The van der Waals surface area contributed by atoms with Gasteiger partial charge in [0, 0.05) is 11.3 Å². The standard InChI is InChI=1S/C12H21F5/c1-6-8(3)11(15,9(13)14)12(16,17)10(4,5)7-2/h8-9H,6-7H2,1-5H3. The molecule has 0 aliphatic carbocycles. The fraction of sp³-hybridized carbons (Fsp3) is 1.00. The first-order valence-corrected chi connectivity index (χ1v) is 5.83. The molecule has 0 heterocycles. The fourth-order valence-corrected chi connectivity index (χ4v) is 1.70. The third-order valence-electron chi connectivity index (χ3n) is 3.86. The van der Waals surface area contributed by atoms with Crippen molar-refractivity contribution < 1.29 is 22.0 Å². The number of rotatable bonds is 6. The maximum Gasteiger partial charge on any atom is 0.292 e. The van der Waals surface area contributed by atoms with Crippen molar-refractivity contribution in [2.45, 2.75) is 65.5 Å². The van der Waals surface area contributed by atoms with Crippen molar-refractivity contribution in [1.82, 2.24) is 0 Å². The molecule has 0 saturated carbocycles.